The molecule has 3 aromatic rings. The second-order valence-corrected chi connectivity index (χ2v) is 8.47. The molecule has 0 unspecified atom stereocenters. The minimum Gasteiger partial charge on any atom is -0.457 e. The van der Waals surface area contributed by atoms with Crippen molar-refractivity contribution >= 4 is 6.03 Å². The van der Waals surface area contributed by atoms with Crippen molar-refractivity contribution in [3.63, 3.8) is 0 Å². The summed E-state index contributed by atoms with van der Waals surface area (Å²) in [4.78, 5) is 17.0. The van der Waals surface area contributed by atoms with Gasteiger partial charge in [0.2, 0.25) is 0 Å². The smallest absolute Gasteiger partial charge is 0.317 e. The minimum absolute atomic E-state index is 0.00957. The van der Waals surface area contributed by atoms with Crippen molar-refractivity contribution in [3.8, 4) is 11.5 Å². The lowest BCUT2D eigenvalue weighted by Crippen LogP contribution is -2.55. The Morgan fingerprint density at radius 1 is 0.938 bits per heavy atom. The summed E-state index contributed by atoms with van der Waals surface area (Å²) < 4.78 is 5.97. The van der Waals surface area contributed by atoms with Crippen LogP contribution in [0.4, 0.5) is 4.79 Å². The van der Waals surface area contributed by atoms with Gasteiger partial charge in [0.15, 0.2) is 0 Å². The molecular weight excluding hydrogens is 398 g/mol. The Balaban J connectivity index is 1.28. The number of piperazine rings is 1. The third-order valence-electron chi connectivity index (χ3n) is 5.88. The number of carbonyl (C=O) groups excluding carboxylic acids is 1. The van der Waals surface area contributed by atoms with E-state index in [0.29, 0.717) is 6.54 Å². The van der Waals surface area contributed by atoms with E-state index in [2.05, 4.69) is 60.5 Å². The highest BCUT2D eigenvalue weighted by Gasteiger charge is 2.26. The van der Waals surface area contributed by atoms with Crippen molar-refractivity contribution in [2.75, 3.05) is 19.6 Å². The first kappa shape index (κ1) is 21.9. The third kappa shape index (κ3) is 5.89. The number of nitrogens with one attached hydrogen (secondary N) is 1. The van der Waals surface area contributed by atoms with Crippen LogP contribution in [-0.4, -0.2) is 41.5 Å². The van der Waals surface area contributed by atoms with Crippen LogP contribution in [0.5, 0.6) is 11.5 Å². The molecule has 1 N–H and O–H groups in total. The Morgan fingerprint density at radius 3 is 2.44 bits per heavy atom. The molecule has 0 bridgehead atoms. The molecule has 2 amide bonds. The summed E-state index contributed by atoms with van der Waals surface area (Å²) in [5, 5.41) is 3.06. The van der Waals surface area contributed by atoms with E-state index in [0.717, 1.165) is 43.2 Å². The summed E-state index contributed by atoms with van der Waals surface area (Å²) >= 11 is 0. The summed E-state index contributed by atoms with van der Waals surface area (Å²) in [6, 6.07) is 26.6. The highest BCUT2D eigenvalue weighted by atomic mass is 16.5. The number of nitrogens with zero attached hydrogens (tertiary/aromatic N) is 2. The molecule has 0 saturated carbocycles. The monoisotopic (exact) mass is 429 g/mol. The van der Waals surface area contributed by atoms with Gasteiger partial charge in [0.05, 0.1) is 0 Å². The Kier molecular flexibility index (Phi) is 7.07. The topological polar surface area (TPSA) is 44.8 Å². The zero-order chi connectivity index (χ0) is 22.3. The van der Waals surface area contributed by atoms with Crippen molar-refractivity contribution < 1.29 is 9.53 Å². The summed E-state index contributed by atoms with van der Waals surface area (Å²) in [7, 11) is 0. The maximum absolute atomic E-state index is 12.6. The van der Waals surface area contributed by atoms with E-state index in [-0.39, 0.29) is 12.1 Å². The molecule has 0 aliphatic carbocycles. The van der Waals surface area contributed by atoms with E-state index < -0.39 is 0 Å². The van der Waals surface area contributed by atoms with Crippen LogP contribution >= 0.6 is 0 Å². The molecule has 32 heavy (non-hydrogen) atoms. The van der Waals surface area contributed by atoms with Crippen LogP contribution in [0, 0.1) is 6.92 Å². The number of aryl methyl sites for hydroxylation is 1. The van der Waals surface area contributed by atoms with E-state index >= 15 is 0 Å². The van der Waals surface area contributed by atoms with Gasteiger partial charge < -0.3 is 15.0 Å². The highest BCUT2D eigenvalue weighted by Crippen LogP contribution is 2.23. The summed E-state index contributed by atoms with van der Waals surface area (Å²) in [6.07, 6.45) is 0. The van der Waals surface area contributed by atoms with Crippen LogP contribution < -0.4 is 10.1 Å². The number of hydrogen-bond donors (Lipinski definition) is 1. The lowest BCUT2D eigenvalue weighted by atomic mass is 10.1. The maximum atomic E-state index is 12.6. The van der Waals surface area contributed by atoms with Crippen LogP contribution in [0.1, 0.15) is 23.6 Å². The lowest BCUT2D eigenvalue weighted by Gasteiger charge is -2.39. The second kappa shape index (κ2) is 10.3. The molecule has 1 heterocycles. The fourth-order valence-electron chi connectivity index (χ4n) is 3.98. The molecule has 0 aromatic heterocycles. The normalized spacial score (nSPS) is 16.6. The van der Waals surface area contributed by atoms with Crippen molar-refractivity contribution in [1.29, 1.82) is 0 Å². The zero-order valence-electron chi connectivity index (χ0n) is 18.8. The number of amides is 2. The van der Waals surface area contributed by atoms with Gasteiger partial charge in [-0.2, -0.15) is 0 Å². The van der Waals surface area contributed by atoms with Crippen LogP contribution in [-0.2, 0) is 13.1 Å². The molecule has 1 aliphatic heterocycles. The Bertz CT molecular complexity index is 1020. The van der Waals surface area contributed by atoms with Crippen molar-refractivity contribution in [3.05, 3.63) is 95.6 Å². The number of hydrogen-bond acceptors (Lipinski definition) is 3. The molecule has 1 aliphatic rings. The average molecular weight is 430 g/mol. The minimum atomic E-state index is 0.00957. The van der Waals surface area contributed by atoms with Gasteiger partial charge in [-0.3, -0.25) is 4.90 Å². The van der Waals surface area contributed by atoms with Gasteiger partial charge in [0.1, 0.15) is 11.5 Å². The fraction of sp³-hybridized carbons (Fsp3) is 0.296. The number of rotatable bonds is 6. The van der Waals surface area contributed by atoms with Crippen molar-refractivity contribution in [1.82, 2.24) is 15.1 Å². The van der Waals surface area contributed by atoms with Gasteiger partial charge in [0.25, 0.3) is 0 Å². The van der Waals surface area contributed by atoms with Gasteiger partial charge in [0, 0.05) is 38.8 Å². The molecule has 5 heteroatoms. The molecule has 0 radical (unpaired) electrons. The molecule has 1 atom stereocenters. The summed E-state index contributed by atoms with van der Waals surface area (Å²) in [5.41, 5.74) is 3.55. The first-order valence-corrected chi connectivity index (χ1v) is 11.2. The van der Waals surface area contributed by atoms with E-state index in [1.54, 1.807) is 0 Å². The van der Waals surface area contributed by atoms with Crippen LogP contribution in [0.2, 0.25) is 0 Å². The average Bonchev–Trinajstić information content (AvgIpc) is 2.81. The maximum Gasteiger partial charge on any atom is 0.317 e. The van der Waals surface area contributed by atoms with E-state index in [1.165, 1.54) is 11.1 Å². The van der Waals surface area contributed by atoms with Crippen molar-refractivity contribution in [2.24, 2.45) is 0 Å². The molecule has 3 aromatic carbocycles. The first-order chi connectivity index (χ1) is 15.6. The van der Waals surface area contributed by atoms with Gasteiger partial charge in [-0.25, -0.2) is 4.79 Å². The number of para-hydroxylation sites is 1. The predicted octanol–water partition coefficient (Wildman–Crippen LogP) is 5.20. The summed E-state index contributed by atoms with van der Waals surface area (Å²) in [5.74, 6) is 1.68. The van der Waals surface area contributed by atoms with E-state index in [1.807, 2.05) is 47.4 Å². The molecule has 4 rings (SSSR count). The number of benzene rings is 3. The largest absolute Gasteiger partial charge is 0.457 e. The number of urea groups is 1. The number of carbonyl (C=O) groups is 1. The Morgan fingerprint density at radius 2 is 1.69 bits per heavy atom. The fourth-order valence-corrected chi connectivity index (χ4v) is 3.98. The second-order valence-electron chi connectivity index (χ2n) is 8.47. The van der Waals surface area contributed by atoms with Gasteiger partial charge >= 0.3 is 6.03 Å². The van der Waals surface area contributed by atoms with E-state index in [4.69, 9.17) is 4.74 Å². The van der Waals surface area contributed by atoms with Gasteiger partial charge in [-0.05, 0) is 49.2 Å². The predicted molar refractivity (Wildman–Crippen MR) is 128 cm³/mol. The SMILES string of the molecule is Cc1ccc(CNC(=O)N2CCN(Cc3cccc(Oc4ccccc4)c3)[C@@H](C)C2)cc1. The van der Waals surface area contributed by atoms with E-state index in [9.17, 15) is 4.79 Å². The Labute approximate surface area is 190 Å². The first-order valence-electron chi connectivity index (χ1n) is 11.2. The van der Waals surface area contributed by atoms with Crippen LogP contribution in [0.25, 0.3) is 0 Å². The standard InChI is InChI=1S/C27H31N3O2/c1-21-11-13-23(14-12-21)18-28-27(31)30-16-15-29(22(2)19-30)20-24-7-6-10-26(17-24)32-25-8-4-3-5-9-25/h3-14,17,22H,15-16,18-20H2,1-2H3,(H,28,31)/t22-/m0/s1. The van der Waals surface area contributed by atoms with Crippen LogP contribution in [0.15, 0.2) is 78.9 Å². The Hall–Kier alpha value is -3.31. The zero-order valence-corrected chi connectivity index (χ0v) is 18.8. The van der Waals surface area contributed by atoms with Crippen LogP contribution in [0.3, 0.4) is 0 Å². The van der Waals surface area contributed by atoms with Gasteiger partial charge in [-0.1, -0.05) is 60.2 Å². The van der Waals surface area contributed by atoms with Gasteiger partial charge in [-0.15, -0.1) is 0 Å². The highest BCUT2D eigenvalue weighted by molar-refractivity contribution is 5.74. The molecule has 166 valence electrons. The molecule has 1 saturated heterocycles. The molecular formula is C27H31N3O2. The molecule has 1 fully saturated rings. The van der Waals surface area contributed by atoms with Crippen molar-refractivity contribution in [2.45, 2.75) is 33.0 Å². The lowest BCUT2D eigenvalue weighted by molar-refractivity contribution is 0.0924. The summed E-state index contributed by atoms with van der Waals surface area (Å²) in [6.45, 7) is 7.94. The third-order valence-corrected chi connectivity index (χ3v) is 5.88. The molecule has 5 nitrogen and oxygen atoms in total. The number of ether oxygens (including phenoxy) is 1. The molecule has 0 spiro atoms. The quantitative estimate of drug-likeness (QED) is 0.586.